The number of Topliss-reactive ketones (excluding diaryl/α,β-unsaturated/α-hetero) is 2. The van der Waals surface area contributed by atoms with Crippen LogP contribution in [0.15, 0.2) is 35.6 Å². The fourth-order valence-electron chi connectivity index (χ4n) is 6.05. The molecule has 6 atom stereocenters. The molecule has 0 radical (unpaired) electrons. The number of aliphatic hydroxyl groups excluding tert-OH is 1. The Morgan fingerprint density at radius 1 is 1.04 bits per heavy atom. The lowest BCUT2D eigenvalue weighted by Crippen LogP contribution is -2.65. The normalized spacial score (nSPS) is 42.8. The first kappa shape index (κ1) is 17.1. The van der Waals surface area contributed by atoms with Crippen molar-refractivity contribution in [2.75, 3.05) is 0 Å². The van der Waals surface area contributed by atoms with Crippen molar-refractivity contribution in [2.45, 2.75) is 57.3 Å². The summed E-state index contributed by atoms with van der Waals surface area (Å²) >= 11 is 0. The minimum atomic E-state index is -1.80. The van der Waals surface area contributed by atoms with Gasteiger partial charge in [-0.25, -0.2) is 0 Å². The zero-order chi connectivity index (χ0) is 19.1. The Morgan fingerprint density at radius 3 is 2.48 bits per heavy atom. The molecule has 3 aliphatic carbocycles. The van der Waals surface area contributed by atoms with Crippen molar-refractivity contribution >= 4 is 11.6 Å². The van der Waals surface area contributed by atoms with E-state index >= 15 is 0 Å². The first-order valence-electron chi connectivity index (χ1n) is 9.77. The standard InChI is InChI=1S/C22H24O5/c1-11-7-15(23)18-16(8-11)27-21(26)10-12(2)9-17(24)22(21)19(18)13-5-3-4-6-14(13)20(22)25/h3-6,11-12,19-20,25-26H,7-10H2,1-2H3/t11?,12?,19-,20+,21+,22+/m1/s1. The van der Waals surface area contributed by atoms with E-state index in [0.717, 1.165) is 5.56 Å². The van der Waals surface area contributed by atoms with Crippen molar-refractivity contribution in [1.82, 2.24) is 0 Å². The van der Waals surface area contributed by atoms with Gasteiger partial charge in [0.1, 0.15) is 17.0 Å². The van der Waals surface area contributed by atoms with E-state index in [1.54, 1.807) is 6.07 Å². The largest absolute Gasteiger partial charge is 0.465 e. The molecule has 5 heteroatoms. The van der Waals surface area contributed by atoms with E-state index in [1.165, 1.54) is 0 Å². The van der Waals surface area contributed by atoms with Gasteiger partial charge in [-0.15, -0.1) is 0 Å². The van der Waals surface area contributed by atoms with E-state index < -0.39 is 23.2 Å². The Kier molecular flexibility index (Phi) is 3.36. The highest BCUT2D eigenvalue weighted by Gasteiger charge is 2.75. The van der Waals surface area contributed by atoms with E-state index in [2.05, 4.69) is 0 Å². The van der Waals surface area contributed by atoms with Crippen LogP contribution in [0.5, 0.6) is 0 Å². The summed E-state index contributed by atoms with van der Waals surface area (Å²) < 4.78 is 6.10. The number of hydrogen-bond acceptors (Lipinski definition) is 5. The molecule has 1 aromatic carbocycles. The van der Waals surface area contributed by atoms with Gasteiger partial charge in [0.15, 0.2) is 5.78 Å². The van der Waals surface area contributed by atoms with Gasteiger partial charge in [0.2, 0.25) is 5.79 Å². The Labute approximate surface area is 158 Å². The van der Waals surface area contributed by atoms with Crippen molar-refractivity contribution < 1.29 is 24.5 Å². The number of rotatable bonds is 0. The van der Waals surface area contributed by atoms with Crippen LogP contribution in [0.3, 0.4) is 0 Å². The molecule has 5 rings (SSSR count). The molecule has 0 aromatic heterocycles. The Hall–Kier alpha value is -1.98. The predicted octanol–water partition coefficient (Wildman–Crippen LogP) is 2.77. The van der Waals surface area contributed by atoms with Crippen LogP contribution < -0.4 is 0 Å². The summed E-state index contributed by atoms with van der Waals surface area (Å²) in [6, 6.07) is 7.32. The highest BCUT2D eigenvalue weighted by Crippen LogP contribution is 2.69. The molecule has 1 aliphatic heterocycles. The number of benzene rings is 1. The topological polar surface area (TPSA) is 83.8 Å². The van der Waals surface area contributed by atoms with Crippen molar-refractivity contribution in [3.8, 4) is 0 Å². The second kappa shape index (κ2) is 5.30. The van der Waals surface area contributed by atoms with Gasteiger partial charge in [0.05, 0.1) is 6.10 Å². The third-order valence-electron chi connectivity index (χ3n) is 7.00. The summed E-state index contributed by atoms with van der Waals surface area (Å²) in [7, 11) is 0. The van der Waals surface area contributed by atoms with Gasteiger partial charge in [-0.3, -0.25) is 9.59 Å². The Morgan fingerprint density at radius 2 is 1.74 bits per heavy atom. The molecule has 5 nitrogen and oxygen atoms in total. The number of allylic oxidation sites excluding steroid dienone is 2. The zero-order valence-electron chi connectivity index (χ0n) is 15.6. The molecule has 1 aromatic rings. The van der Waals surface area contributed by atoms with Crippen LogP contribution in [-0.2, 0) is 14.3 Å². The third kappa shape index (κ3) is 1.91. The van der Waals surface area contributed by atoms with Gasteiger partial charge in [-0.05, 0) is 23.0 Å². The van der Waals surface area contributed by atoms with Gasteiger partial charge in [0, 0.05) is 37.2 Å². The number of ether oxygens (including phenoxy) is 1. The fraction of sp³-hybridized carbons (Fsp3) is 0.545. The number of carbonyl (C=O) groups is 2. The molecule has 1 heterocycles. The molecule has 4 aliphatic rings. The summed E-state index contributed by atoms with van der Waals surface area (Å²) in [5, 5.41) is 23.0. The summed E-state index contributed by atoms with van der Waals surface area (Å²) in [5.41, 5.74) is 0.334. The van der Waals surface area contributed by atoms with Gasteiger partial charge in [-0.2, -0.15) is 0 Å². The molecule has 0 bridgehead atoms. The number of fused-ring (bicyclic) bond motifs is 3. The fourth-order valence-corrected chi connectivity index (χ4v) is 6.05. The Bertz CT molecular complexity index is 902. The molecule has 1 spiro atoms. The smallest absolute Gasteiger partial charge is 0.224 e. The van der Waals surface area contributed by atoms with E-state index in [4.69, 9.17) is 4.74 Å². The number of carbonyl (C=O) groups excluding carboxylic acids is 2. The number of ketones is 2. The molecule has 2 N–H and O–H groups in total. The Balaban J connectivity index is 1.84. The average Bonchev–Trinajstić information content (AvgIpc) is 2.84. The minimum absolute atomic E-state index is 0.0366. The van der Waals surface area contributed by atoms with E-state index in [-0.39, 0.29) is 36.2 Å². The quantitative estimate of drug-likeness (QED) is 0.736. The van der Waals surface area contributed by atoms with Crippen molar-refractivity contribution in [3.05, 3.63) is 46.7 Å². The molecule has 2 unspecified atom stereocenters. The zero-order valence-corrected chi connectivity index (χ0v) is 15.6. The van der Waals surface area contributed by atoms with Crippen LogP contribution in [0.4, 0.5) is 0 Å². The second-order valence-corrected chi connectivity index (χ2v) is 8.93. The maximum Gasteiger partial charge on any atom is 0.224 e. The van der Waals surface area contributed by atoms with Crippen molar-refractivity contribution in [1.29, 1.82) is 0 Å². The van der Waals surface area contributed by atoms with Gasteiger partial charge < -0.3 is 14.9 Å². The second-order valence-electron chi connectivity index (χ2n) is 8.93. The number of hydrogen-bond donors (Lipinski definition) is 2. The van der Waals surface area contributed by atoms with Crippen LogP contribution in [0.2, 0.25) is 0 Å². The molecular weight excluding hydrogens is 344 g/mol. The summed E-state index contributed by atoms with van der Waals surface area (Å²) in [4.78, 5) is 26.5. The minimum Gasteiger partial charge on any atom is -0.465 e. The lowest BCUT2D eigenvalue weighted by atomic mass is 9.54. The maximum atomic E-state index is 13.4. The van der Waals surface area contributed by atoms with E-state index in [0.29, 0.717) is 29.7 Å². The van der Waals surface area contributed by atoms with Crippen molar-refractivity contribution in [3.63, 3.8) is 0 Å². The highest BCUT2D eigenvalue weighted by molar-refractivity contribution is 6.02. The molecule has 0 saturated heterocycles. The third-order valence-corrected chi connectivity index (χ3v) is 7.00. The molecular formula is C22H24O5. The maximum absolute atomic E-state index is 13.4. The highest BCUT2D eigenvalue weighted by atomic mass is 16.6. The van der Waals surface area contributed by atoms with Crippen LogP contribution in [0.1, 0.15) is 62.7 Å². The SMILES string of the molecule is CC1CC(=O)C2=C(C1)O[C@@]1(O)CC(C)CC(=O)[C@]13[C@@H](O)c1ccccc1[C@H]23. The lowest BCUT2D eigenvalue weighted by Gasteiger charge is -2.56. The van der Waals surface area contributed by atoms with Crippen LogP contribution >= 0.6 is 0 Å². The van der Waals surface area contributed by atoms with Gasteiger partial charge in [0.25, 0.3) is 0 Å². The average molecular weight is 368 g/mol. The van der Waals surface area contributed by atoms with E-state index in [1.807, 2.05) is 32.0 Å². The van der Waals surface area contributed by atoms with Gasteiger partial charge >= 0.3 is 0 Å². The lowest BCUT2D eigenvalue weighted by molar-refractivity contribution is -0.297. The molecule has 0 amide bonds. The summed E-state index contributed by atoms with van der Waals surface area (Å²) in [6.07, 6.45) is 0.303. The predicted molar refractivity (Wildman–Crippen MR) is 96.4 cm³/mol. The molecule has 1 fully saturated rings. The first-order valence-corrected chi connectivity index (χ1v) is 9.77. The first-order chi connectivity index (χ1) is 12.8. The van der Waals surface area contributed by atoms with Gasteiger partial charge in [-0.1, -0.05) is 38.1 Å². The van der Waals surface area contributed by atoms with Crippen LogP contribution in [0.25, 0.3) is 0 Å². The van der Waals surface area contributed by atoms with Crippen LogP contribution in [0, 0.1) is 17.3 Å². The van der Waals surface area contributed by atoms with Crippen LogP contribution in [-0.4, -0.2) is 27.6 Å². The molecule has 1 saturated carbocycles. The monoisotopic (exact) mass is 368 g/mol. The molecule has 27 heavy (non-hydrogen) atoms. The van der Waals surface area contributed by atoms with E-state index in [9.17, 15) is 19.8 Å². The molecule has 142 valence electrons. The summed E-state index contributed by atoms with van der Waals surface area (Å²) in [6.45, 7) is 3.90. The summed E-state index contributed by atoms with van der Waals surface area (Å²) in [5.74, 6) is -2.11. The van der Waals surface area contributed by atoms with Crippen molar-refractivity contribution in [2.24, 2.45) is 17.3 Å². The number of aliphatic hydroxyl groups is 2.